The summed E-state index contributed by atoms with van der Waals surface area (Å²) in [5.41, 5.74) is 9.53. The first-order valence-electron chi connectivity index (χ1n) is 7.69. The van der Waals surface area contributed by atoms with E-state index < -0.39 is 5.54 Å². The molecule has 1 aliphatic rings. The predicted molar refractivity (Wildman–Crippen MR) is 82.7 cm³/mol. The number of nitrogens with two attached hydrogens (primary N) is 1. The fraction of sp³-hybridized carbons (Fsp3) is 0.529. The van der Waals surface area contributed by atoms with Gasteiger partial charge in [-0.05, 0) is 68.7 Å². The molecule has 0 spiro atoms. The Kier molecular flexibility index (Phi) is 3.57. The lowest BCUT2D eigenvalue weighted by molar-refractivity contribution is 0.230. The molecule has 1 aromatic carbocycles. The third-order valence-electron chi connectivity index (χ3n) is 4.79. The van der Waals surface area contributed by atoms with Gasteiger partial charge in [0.1, 0.15) is 0 Å². The van der Waals surface area contributed by atoms with Crippen LogP contribution < -0.4 is 5.73 Å². The van der Waals surface area contributed by atoms with Crippen LogP contribution in [-0.4, -0.2) is 10.1 Å². The summed E-state index contributed by atoms with van der Waals surface area (Å²) < 4.78 is 5.45. The molecular weight excluding hydrogens is 262 g/mol. The average molecular weight is 285 g/mol. The van der Waals surface area contributed by atoms with Crippen LogP contribution in [0.1, 0.15) is 49.6 Å². The summed E-state index contributed by atoms with van der Waals surface area (Å²) in [4.78, 5) is 4.57. The van der Waals surface area contributed by atoms with Crippen molar-refractivity contribution in [3.8, 4) is 11.5 Å². The highest BCUT2D eigenvalue weighted by atomic mass is 16.5. The first-order chi connectivity index (χ1) is 9.98. The van der Waals surface area contributed by atoms with Gasteiger partial charge in [0.05, 0.1) is 5.54 Å². The van der Waals surface area contributed by atoms with E-state index in [0.29, 0.717) is 11.7 Å². The predicted octanol–water partition coefficient (Wildman–Crippen LogP) is 3.72. The van der Waals surface area contributed by atoms with Crippen molar-refractivity contribution in [1.82, 2.24) is 10.1 Å². The molecule has 0 unspecified atom stereocenters. The smallest absolute Gasteiger partial charge is 0.258 e. The van der Waals surface area contributed by atoms with Crippen LogP contribution in [0.15, 0.2) is 22.7 Å². The Balaban J connectivity index is 1.87. The van der Waals surface area contributed by atoms with E-state index >= 15 is 0 Å². The standard InChI is InChI=1S/C17H23N3O/c1-11-6-8-17(18,9-7-11)16-19-15(21-20-16)14-5-4-12(2)13(3)10-14/h4-5,10-11H,6-9,18H2,1-3H3. The second-order valence-electron chi connectivity index (χ2n) is 6.56. The molecule has 112 valence electrons. The first-order valence-corrected chi connectivity index (χ1v) is 7.69. The van der Waals surface area contributed by atoms with Gasteiger partial charge in [-0.15, -0.1) is 0 Å². The quantitative estimate of drug-likeness (QED) is 0.913. The van der Waals surface area contributed by atoms with Gasteiger partial charge in [0, 0.05) is 5.56 Å². The monoisotopic (exact) mass is 285 g/mol. The lowest BCUT2D eigenvalue weighted by Gasteiger charge is -2.33. The van der Waals surface area contributed by atoms with E-state index in [1.54, 1.807) is 0 Å². The molecule has 3 rings (SSSR count). The summed E-state index contributed by atoms with van der Waals surface area (Å²) in [6.45, 7) is 6.45. The molecule has 0 bridgehead atoms. The van der Waals surface area contributed by atoms with Crippen molar-refractivity contribution in [2.24, 2.45) is 11.7 Å². The van der Waals surface area contributed by atoms with Gasteiger partial charge in [-0.3, -0.25) is 0 Å². The summed E-state index contributed by atoms with van der Waals surface area (Å²) in [5, 5.41) is 4.15. The highest BCUT2D eigenvalue weighted by molar-refractivity contribution is 5.55. The Morgan fingerprint density at radius 1 is 1.19 bits per heavy atom. The van der Waals surface area contributed by atoms with E-state index in [0.717, 1.165) is 37.2 Å². The summed E-state index contributed by atoms with van der Waals surface area (Å²) in [6.07, 6.45) is 4.12. The van der Waals surface area contributed by atoms with Crippen molar-refractivity contribution in [3.63, 3.8) is 0 Å². The van der Waals surface area contributed by atoms with E-state index in [1.165, 1.54) is 11.1 Å². The summed E-state index contributed by atoms with van der Waals surface area (Å²) in [5.74, 6) is 1.96. The van der Waals surface area contributed by atoms with Crippen LogP contribution in [0.4, 0.5) is 0 Å². The van der Waals surface area contributed by atoms with E-state index in [1.807, 2.05) is 6.07 Å². The number of hydrogen-bond donors (Lipinski definition) is 1. The maximum atomic E-state index is 6.50. The van der Waals surface area contributed by atoms with Gasteiger partial charge in [-0.2, -0.15) is 4.98 Å². The molecular formula is C17H23N3O. The zero-order chi connectivity index (χ0) is 15.0. The molecule has 1 saturated carbocycles. The first kappa shape index (κ1) is 14.3. The van der Waals surface area contributed by atoms with Crippen molar-refractivity contribution < 1.29 is 4.52 Å². The lowest BCUT2D eigenvalue weighted by Crippen LogP contribution is -2.41. The van der Waals surface area contributed by atoms with Gasteiger partial charge in [-0.25, -0.2) is 0 Å². The molecule has 1 heterocycles. The van der Waals surface area contributed by atoms with Crippen molar-refractivity contribution in [3.05, 3.63) is 35.2 Å². The Labute approximate surface area is 125 Å². The molecule has 0 amide bonds. The Morgan fingerprint density at radius 3 is 2.57 bits per heavy atom. The number of rotatable bonds is 2. The highest BCUT2D eigenvalue weighted by Crippen LogP contribution is 2.36. The largest absolute Gasteiger partial charge is 0.334 e. The summed E-state index contributed by atoms with van der Waals surface area (Å²) in [7, 11) is 0. The van der Waals surface area contributed by atoms with Crippen molar-refractivity contribution in [1.29, 1.82) is 0 Å². The Hall–Kier alpha value is -1.68. The minimum Gasteiger partial charge on any atom is -0.334 e. The topological polar surface area (TPSA) is 64.9 Å². The number of hydrogen-bond acceptors (Lipinski definition) is 4. The Morgan fingerprint density at radius 2 is 1.90 bits per heavy atom. The van der Waals surface area contributed by atoms with Gasteiger partial charge in [0.25, 0.3) is 5.89 Å². The van der Waals surface area contributed by atoms with Crippen LogP contribution in [0.5, 0.6) is 0 Å². The van der Waals surface area contributed by atoms with Crippen molar-refractivity contribution in [2.75, 3.05) is 0 Å². The SMILES string of the molecule is Cc1ccc(-c2nc(C3(N)CCC(C)CC3)no2)cc1C. The Bertz CT molecular complexity index is 639. The van der Waals surface area contributed by atoms with Gasteiger partial charge in [-0.1, -0.05) is 18.1 Å². The molecule has 4 nitrogen and oxygen atoms in total. The molecule has 0 aliphatic heterocycles. The van der Waals surface area contributed by atoms with Gasteiger partial charge in [0.15, 0.2) is 5.82 Å². The van der Waals surface area contributed by atoms with Crippen molar-refractivity contribution in [2.45, 2.75) is 52.0 Å². The molecule has 0 atom stereocenters. The van der Waals surface area contributed by atoms with Crippen LogP contribution in [0.3, 0.4) is 0 Å². The molecule has 4 heteroatoms. The fourth-order valence-electron chi connectivity index (χ4n) is 2.92. The molecule has 0 radical (unpaired) electrons. The number of benzene rings is 1. The maximum Gasteiger partial charge on any atom is 0.258 e. The zero-order valence-corrected chi connectivity index (χ0v) is 13.0. The zero-order valence-electron chi connectivity index (χ0n) is 13.0. The van der Waals surface area contributed by atoms with Crippen LogP contribution in [-0.2, 0) is 5.54 Å². The third kappa shape index (κ3) is 2.72. The second kappa shape index (κ2) is 5.26. The molecule has 2 N–H and O–H groups in total. The van der Waals surface area contributed by atoms with E-state index in [9.17, 15) is 0 Å². The van der Waals surface area contributed by atoms with Crippen LogP contribution in [0.25, 0.3) is 11.5 Å². The van der Waals surface area contributed by atoms with Crippen molar-refractivity contribution >= 4 is 0 Å². The van der Waals surface area contributed by atoms with Gasteiger partial charge >= 0.3 is 0 Å². The number of aromatic nitrogens is 2. The average Bonchev–Trinajstić information content (AvgIpc) is 2.96. The van der Waals surface area contributed by atoms with Gasteiger partial charge in [0.2, 0.25) is 0 Å². The fourth-order valence-corrected chi connectivity index (χ4v) is 2.92. The second-order valence-corrected chi connectivity index (χ2v) is 6.56. The lowest BCUT2D eigenvalue weighted by atomic mass is 9.77. The van der Waals surface area contributed by atoms with E-state index in [2.05, 4.69) is 43.0 Å². The number of nitrogens with zero attached hydrogens (tertiary/aromatic N) is 2. The molecule has 2 aromatic rings. The van der Waals surface area contributed by atoms with Crippen LogP contribution in [0.2, 0.25) is 0 Å². The maximum absolute atomic E-state index is 6.50. The molecule has 1 fully saturated rings. The normalized spacial score (nSPS) is 26.0. The van der Waals surface area contributed by atoms with Gasteiger partial charge < -0.3 is 10.3 Å². The minimum atomic E-state index is -0.423. The molecule has 21 heavy (non-hydrogen) atoms. The minimum absolute atomic E-state index is 0.423. The molecule has 0 saturated heterocycles. The summed E-state index contributed by atoms with van der Waals surface area (Å²) >= 11 is 0. The van der Waals surface area contributed by atoms with Crippen LogP contribution >= 0.6 is 0 Å². The van der Waals surface area contributed by atoms with Crippen LogP contribution in [0, 0.1) is 19.8 Å². The highest BCUT2D eigenvalue weighted by Gasteiger charge is 2.36. The third-order valence-corrected chi connectivity index (χ3v) is 4.79. The van der Waals surface area contributed by atoms with E-state index in [-0.39, 0.29) is 0 Å². The molecule has 1 aliphatic carbocycles. The number of aryl methyl sites for hydroxylation is 2. The molecule has 1 aromatic heterocycles. The summed E-state index contributed by atoms with van der Waals surface area (Å²) in [6, 6.07) is 6.18. The van der Waals surface area contributed by atoms with E-state index in [4.69, 9.17) is 10.3 Å².